The molecule has 8 N–H and O–H groups in total. The number of Topliss-reactive ketones (excluding diaryl/α,β-unsaturated/α-hetero) is 2. The third-order valence-corrected chi connectivity index (χ3v) is 4.63. The van der Waals surface area contributed by atoms with E-state index < -0.39 is 11.8 Å². The summed E-state index contributed by atoms with van der Waals surface area (Å²) < 4.78 is 0. The second-order valence-electron chi connectivity index (χ2n) is 6.39. The lowest BCUT2D eigenvalue weighted by molar-refractivity contribution is 0.0783. The molecule has 23 heavy (non-hydrogen) atoms. The molecule has 1 aromatic rings. The van der Waals surface area contributed by atoms with Gasteiger partial charge in [0.1, 0.15) is 0 Å². The molecular formula is C17H20N4O2. The number of nitrogen functional groups attached to an aromatic ring is 2. The Morgan fingerprint density at radius 1 is 0.870 bits per heavy atom. The minimum atomic E-state index is -0.804. The maximum Gasteiger partial charge on any atom is 0.175 e. The Morgan fingerprint density at radius 3 is 1.83 bits per heavy atom. The Morgan fingerprint density at radius 2 is 1.35 bits per heavy atom. The highest BCUT2D eigenvalue weighted by Crippen LogP contribution is 2.44. The summed E-state index contributed by atoms with van der Waals surface area (Å²) in [5.41, 5.74) is 26.5. The molecule has 0 radical (unpaired) electrons. The van der Waals surface area contributed by atoms with E-state index in [1.165, 1.54) is 12.1 Å². The van der Waals surface area contributed by atoms with Crippen LogP contribution in [-0.4, -0.2) is 11.6 Å². The van der Waals surface area contributed by atoms with Crippen molar-refractivity contribution in [1.82, 2.24) is 0 Å². The van der Waals surface area contributed by atoms with Crippen molar-refractivity contribution >= 4 is 22.9 Å². The topological polar surface area (TPSA) is 138 Å². The summed E-state index contributed by atoms with van der Waals surface area (Å²) in [6.45, 7) is 3.92. The molecule has 3 rings (SSSR count). The molecule has 2 atom stereocenters. The molecule has 0 saturated carbocycles. The summed E-state index contributed by atoms with van der Waals surface area (Å²) in [4.78, 5) is 25.9. The van der Waals surface area contributed by atoms with E-state index in [4.69, 9.17) is 22.9 Å². The molecule has 0 saturated heterocycles. The highest BCUT2D eigenvalue weighted by Gasteiger charge is 2.48. The van der Waals surface area contributed by atoms with Crippen molar-refractivity contribution in [3.8, 4) is 0 Å². The summed E-state index contributed by atoms with van der Waals surface area (Å²) in [5, 5.41) is 0. The van der Waals surface area contributed by atoms with Gasteiger partial charge in [0.25, 0.3) is 0 Å². The van der Waals surface area contributed by atoms with Gasteiger partial charge in [-0.3, -0.25) is 9.59 Å². The van der Waals surface area contributed by atoms with Crippen molar-refractivity contribution in [2.24, 2.45) is 29.2 Å². The number of allylic oxidation sites excluding steroid dienone is 4. The Hall–Kier alpha value is -2.76. The fraction of sp³-hybridized carbons (Fsp3) is 0.294. The van der Waals surface area contributed by atoms with Crippen LogP contribution < -0.4 is 22.9 Å². The molecular weight excluding hydrogens is 292 g/mol. The molecule has 0 bridgehead atoms. The molecule has 0 amide bonds. The van der Waals surface area contributed by atoms with E-state index in [0.717, 1.165) is 5.57 Å². The zero-order chi connectivity index (χ0) is 17.0. The molecule has 2 aliphatic rings. The van der Waals surface area contributed by atoms with Gasteiger partial charge >= 0.3 is 0 Å². The molecule has 0 aromatic heterocycles. The Balaban J connectivity index is 2.30. The lowest BCUT2D eigenvalue weighted by Crippen LogP contribution is -2.45. The van der Waals surface area contributed by atoms with Crippen LogP contribution in [0.2, 0.25) is 0 Å². The van der Waals surface area contributed by atoms with E-state index in [0.29, 0.717) is 11.4 Å². The second-order valence-corrected chi connectivity index (χ2v) is 6.39. The van der Waals surface area contributed by atoms with Crippen molar-refractivity contribution < 1.29 is 9.59 Å². The van der Waals surface area contributed by atoms with Gasteiger partial charge in [-0.15, -0.1) is 0 Å². The molecule has 2 unspecified atom stereocenters. The average molecular weight is 312 g/mol. The summed E-state index contributed by atoms with van der Waals surface area (Å²) >= 11 is 0. The standard InChI is InChI=1S/C17H20N4O2/c1-6(2)7-5-10(20)13-14(15(7)21)17(23)12-9(19)4-3-8(18)11(12)16(13)22/h3-6,13-14H,18-21H2,1-2H3. The summed E-state index contributed by atoms with van der Waals surface area (Å²) in [7, 11) is 0. The fourth-order valence-corrected chi connectivity index (χ4v) is 3.48. The highest BCUT2D eigenvalue weighted by molar-refractivity contribution is 6.22. The second kappa shape index (κ2) is 4.87. The first-order valence-electron chi connectivity index (χ1n) is 7.48. The van der Waals surface area contributed by atoms with Crippen molar-refractivity contribution in [2.75, 3.05) is 11.5 Å². The van der Waals surface area contributed by atoms with Gasteiger partial charge in [0.15, 0.2) is 11.6 Å². The number of hydrogen-bond acceptors (Lipinski definition) is 6. The Labute approximate surface area is 134 Å². The molecule has 6 heteroatoms. The fourth-order valence-electron chi connectivity index (χ4n) is 3.48. The van der Waals surface area contributed by atoms with E-state index in [2.05, 4.69) is 0 Å². The average Bonchev–Trinajstić information content (AvgIpc) is 2.48. The Bertz CT molecular complexity index is 805. The van der Waals surface area contributed by atoms with Gasteiger partial charge in [-0.1, -0.05) is 13.8 Å². The number of rotatable bonds is 1. The maximum absolute atomic E-state index is 13.0. The number of carbonyl (C=O) groups is 2. The molecule has 120 valence electrons. The van der Waals surface area contributed by atoms with Crippen LogP contribution in [0.15, 0.2) is 35.2 Å². The first-order chi connectivity index (χ1) is 10.8. The predicted molar refractivity (Wildman–Crippen MR) is 89.2 cm³/mol. The molecule has 2 aliphatic carbocycles. The third kappa shape index (κ3) is 1.94. The smallest absolute Gasteiger partial charge is 0.175 e. The highest BCUT2D eigenvalue weighted by atomic mass is 16.1. The van der Waals surface area contributed by atoms with Crippen LogP contribution in [0, 0.1) is 17.8 Å². The van der Waals surface area contributed by atoms with Crippen LogP contribution in [0.3, 0.4) is 0 Å². The number of anilines is 2. The minimum Gasteiger partial charge on any atom is -0.401 e. The number of nitrogens with two attached hydrogens (primary N) is 4. The van der Waals surface area contributed by atoms with E-state index in [-0.39, 0.29) is 40.0 Å². The normalized spacial score (nSPS) is 23.7. The van der Waals surface area contributed by atoms with Crippen molar-refractivity contribution in [1.29, 1.82) is 0 Å². The lowest BCUT2D eigenvalue weighted by Gasteiger charge is -2.36. The monoisotopic (exact) mass is 312 g/mol. The zero-order valence-electron chi connectivity index (χ0n) is 13.1. The molecule has 0 heterocycles. The first kappa shape index (κ1) is 15.1. The van der Waals surface area contributed by atoms with Crippen LogP contribution in [0.1, 0.15) is 34.6 Å². The van der Waals surface area contributed by atoms with Gasteiger partial charge in [0.2, 0.25) is 0 Å². The maximum atomic E-state index is 13.0. The minimum absolute atomic E-state index is 0.0944. The number of hydrogen-bond donors (Lipinski definition) is 4. The van der Waals surface area contributed by atoms with Gasteiger partial charge in [-0.05, 0) is 29.7 Å². The largest absolute Gasteiger partial charge is 0.401 e. The lowest BCUT2D eigenvalue weighted by atomic mass is 9.67. The van der Waals surface area contributed by atoms with Gasteiger partial charge in [0.05, 0.1) is 23.0 Å². The molecule has 0 aliphatic heterocycles. The van der Waals surface area contributed by atoms with Gasteiger partial charge < -0.3 is 22.9 Å². The Kier molecular flexibility index (Phi) is 3.21. The van der Waals surface area contributed by atoms with Gasteiger partial charge in [-0.25, -0.2) is 0 Å². The van der Waals surface area contributed by atoms with Crippen LogP contribution >= 0.6 is 0 Å². The van der Waals surface area contributed by atoms with Crippen LogP contribution in [-0.2, 0) is 0 Å². The predicted octanol–water partition coefficient (Wildman–Crippen LogP) is 1.19. The summed E-state index contributed by atoms with van der Waals surface area (Å²) in [6, 6.07) is 3.06. The number of fused-ring (bicyclic) bond motifs is 2. The quantitative estimate of drug-likeness (QED) is 0.574. The van der Waals surface area contributed by atoms with E-state index >= 15 is 0 Å². The van der Waals surface area contributed by atoms with Gasteiger partial charge in [0, 0.05) is 22.8 Å². The molecule has 0 fully saturated rings. The van der Waals surface area contributed by atoms with E-state index in [1.807, 2.05) is 13.8 Å². The number of carbonyl (C=O) groups excluding carboxylic acids is 2. The van der Waals surface area contributed by atoms with Crippen LogP contribution in [0.4, 0.5) is 11.4 Å². The molecule has 1 aromatic carbocycles. The van der Waals surface area contributed by atoms with Crippen LogP contribution in [0.5, 0.6) is 0 Å². The summed E-state index contributed by atoms with van der Waals surface area (Å²) in [6.07, 6.45) is 1.71. The third-order valence-electron chi connectivity index (χ3n) is 4.63. The summed E-state index contributed by atoms with van der Waals surface area (Å²) in [5.74, 6) is -2.10. The van der Waals surface area contributed by atoms with E-state index in [1.54, 1.807) is 6.08 Å². The van der Waals surface area contributed by atoms with Crippen molar-refractivity contribution in [2.45, 2.75) is 13.8 Å². The first-order valence-corrected chi connectivity index (χ1v) is 7.48. The van der Waals surface area contributed by atoms with Crippen LogP contribution in [0.25, 0.3) is 0 Å². The zero-order valence-corrected chi connectivity index (χ0v) is 13.1. The SMILES string of the molecule is CC(C)C1=C(N)C2C(=O)c3c(N)ccc(N)c3C(=O)C2C(N)=C1. The number of ketones is 2. The van der Waals surface area contributed by atoms with Gasteiger partial charge in [-0.2, -0.15) is 0 Å². The van der Waals surface area contributed by atoms with E-state index in [9.17, 15) is 9.59 Å². The number of benzene rings is 1. The van der Waals surface area contributed by atoms with Crippen molar-refractivity contribution in [3.63, 3.8) is 0 Å². The molecule has 6 nitrogen and oxygen atoms in total. The molecule has 0 spiro atoms. The van der Waals surface area contributed by atoms with Crippen molar-refractivity contribution in [3.05, 3.63) is 46.3 Å².